The molecule has 1 amide bonds. The number of rotatable bonds is 5. The molecule has 142 valence electrons. The Morgan fingerprint density at radius 1 is 1.26 bits per heavy atom. The van der Waals surface area contributed by atoms with Crippen LogP contribution in [0.2, 0.25) is 5.02 Å². The van der Waals surface area contributed by atoms with Crippen LogP contribution in [0.25, 0.3) is 16.7 Å². The minimum absolute atomic E-state index is 0.0552. The minimum Gasteiger partial charge on any atom is -0.355 e. The second kappa shape index (κ2) is 7.56. The van der Waals surface area contributed by atoms with E-state index in [0.29, 0.717) is 17.2 Å². The second-order valence-corrected chi connectivity index (χ2v) is 7.09. The van der Waals surface area contributed by atoms with E-state index in [-0.39, 0.29) is 18.0 Å². The summed E-state index contributed by atoms with van der Waals surface area (Å²) in [5, 5.41) is 8.98. The lowest BCUT2D eigenvalue weighted by Gasteiger charge is -2.14. The molecule has 0 bridgehead atoms. The highest BCUT2D eigenvalue weighted by atomic mass is 35.5. The average Bonchev–Trinajstić information content (AvgIpc) is 2.96. The van der Waals surface area contributed by atoms with Crippen LogP contribution in [0.4, 0.5) is 0 Å². The molecule has 3 rings (SSSR count). The quantitative estimate of drug-likeness (QED) is 0.731. The Hall–Kier alpha value is -2.60. The fourth-order valence-corrected chi connectivity index (χ4v) is 3.45. The molecule has 0 spiro atoms. The van der Waals surface area contributed by atoms with E-state index in [9.17, 15) is 9.59 Å². The highest BCUT2D eigenvalue weighted by Gasteiger charge is 2.19. The summed E-state index contributed by atoms with van der Waals surface area (Å²) in [6.07, 6.45) is 0.836. The summed E-state index contributed by atoms with van der Waals surface area (Å²) in [7, 11) is 0. The van der Waals surface area contributed by atoms with Crippen LogP contribution in [0.5, 0.6) is 0 Å². The van der Waals surface area contributed by atoms with E-state index in [0.717, 1.165) is 34.3 Å². The van der Waals surface area contributed by atoms with E-state index in [4.69, 9.17) is 11.6 Å². The van der Waals surface area contributed by atoms with Gasteiger partial charge in [0.2, 0.25) is 5.91 Å². The smallest absolute Gasteiger partial charge is 0.252 e. The third kappa shape index (κ3) is 3.49. The van der Waals surface area contributed by atoms with Crippen molar-refractivity contribution in [1.82, 2.24) is 19.7 Å². The van der Waals surface area contributed by atoms with Crippen molar-refractivity contribution in [2.75, 3.05) is 6.54 Å². The number of carbonyl (C=O) groups is 1. The monoisotopic (exact) mass is 386 g/mol. The molecule has 0 radical (unpaired) electrons. The lowest BCUT2D eigenvalue weighted by Crippen LogP contribution is -2.33. The second-order valence-electron chi connectivity index (χ2n) is 6.68. The summed E-state index contributed by atoms with van der Waals surface area (Å²) in [4.78, 5) is 25.0. The molecule has 3 aromatic rings. The first-order valence-electron chi connectivity index (χ1n) is 8.97. The van der Waals surface area contributed by atoms with Gasteiger partial charge in [-0.15, -0.1) is 0 Å². The molecule has 7 heteroatoms. The maximum Gasteiger partial charge on any atom is 0.252 e. The van der Waals surface area contributed by atoms with Gasteiger partial charge in [0.05, 0.1) is 11.4 Å². The van der Waals surface area contributed by atoms with Crippen LogP contribution in [0, 0.1) is 20.8 Å². The molecule has 0 fully saturated rings. The molecule has 6 nitrogen and oxygen atoms in total. The van der Waals surface area contributed by atoms with Crippen molar-refractivity contribution in [2.45, 2.75) is 40.7 Å². The molecule has 0 unspecified atom stereocenters. The largest absolute Gasteiger partial charge is 0.355 e. The first kappa shape index (κ1) is 19.2. The van der Waals surface area contributed by atoms with Crippen molar-refractivity contribution < 1.29 is 4.79 Å². The van der Waals surface area contributed by atoms with Gasteiger partial charge in [0.15, 0.2) is 0 Å². The van der Waals surface area contributed by atoms with Gasteiger partial charge in [0, 0.05) is 23.0 Å². The third-order valence-corrected chi connectivity index (χ3v) is 5.04. The van der Waals surface area contributed by atoms with Crippen LogP contribution >= 0.6 is 11.6 Å². The van der Waals surface area contributed by atoms with E-state index in [2.05, 4.69) is 10.4 Å². The SMILES string of the molecule is CCCNC(=O)Cn1c(=O)cc(C)c2c(C)nn(-c3cccc(Cl)c3C)c21. The number of pyridine rings is 1. The Morgan fingerprint density at radius 2 is 2.00 bits per heavy atom. The zero-order valence-corrected chi connectivity index (χ0v) is 16.7. The van der Waals surface area contributed by atoms with Crippen molar-refractivity contribution in [1.29, 1.82) is 0 Å². The molecule has 1 N–H and O–H groups in total. The predicted octanol–water partition coefficient (Wildman–Crippen LogP) is 3.29. The molecule has 0 atom stereocenters. The number of benzene rings is 1. The summed E-state index contributed by atoms with van der Waals surface area (Å²) >= 11 is 6.29. The van der Waals surface area contributed by atoms with Gasteiger partial charge in [-0.2, -0.15) is 5.10 Å². The van der Waals surface area contributed by atoms with E-state index in [1.807, 2.05) is 45.9 Å². The van der Waals surface area contributed by atoms with E-state index < -0.39 is 0 Å². The van der Waals surface area contributed by atoms with Crippen molar-refractivity contribution in [3.63, 3.8) is 0 Å². The summed E-state index contributed by atoms with van der Waals surface area (Å²) in [5.41, 5.74) is 3.66. The normalized spacial score (nSPS) is 11.1. The Bertz CT molecular complexity index is 1080. The predicted molar refractivity (Wildman–Crippen MR) is 108 cm³/mol. The van der Waals surface area contributed by atoms with E-state index in [1.54, 1.807) is 10.7 Å². The number of fused-ring (bicyclic) bond motifs is 1. The van der Waals surface area contributed by atoms with Crippen LogP contribution < -0.4 is 10.9 Å². The topological polar surface area (TPSA) is 68.9 Å². The summed E-state index contributed by atoms with van der Waals surface area (Å²) < 4.78 is 3.20. The number of amides is 1. The molecule has 27 heavy (non-hydrogen) atoms. The van der Waals surface area contributed by atoms with Gasteiger partial charge < -0.3 is 5.32 Å². The molecule has 0 aliphatic carbocycles. The van der Waals surface area contributed by atoms with E-state index >= 15 is 0 Å². The van der Waals surface area contributed by atoms with Crippen molar-refractivity contribution in [3.8, 4) is 5.69 Å². The maximum absolute atomic E-state index is 12.7. The third-order valence-electron chi connectivity index (χ3n) is 4.63. The standard InChI is InChI=1S/C20H23ClN4O2/c1-5-9-22-17(26)11-24-18(27)10-12(2)19-14(4)23-25(20(19)24)16-8-6-7-15(21)13(16)3/h6-8,10H,5,9,11H2,1-4H3,(H,22,26). The summed E-state index contributed by atoms with van der Waals surface area (Å²) in [5.74, 6) is -0.197. The maximum atomic E-state index is 12.7. The molecule has 2 aromatic heterocycles. The fourth-order valence-electron chi connectivity index (χ4n) is 3.28. The van der Waals surface area contributed by atoms with Gasteiger partial charge in [-0.3, -0.25) is 14.2 Å². The Labute approximate surface area is 162 Å². The first-order valence-corrected chi connectivity index (χ1v) is 9.35. The molecular weight excluding hydrogens is 364 g/mol. The minimum atomic E-state index is -0.229. The number of aryl methyl sites for hydroxylation is 2. The van der Waals surface area contributed by atoms with Gasteiger partial charge >= 0.3 is 0 Å². The van der Waals surface area contributed by atoms with Gasteiger partial charge in [0.1, 0.15) is 12.2 Å². The zero-order valence-electron chi connectivity index (χ0n) is 16.0. The number of hydrogen-bond acceptors (Lipinski definition) is 3. The molecule has 0 aliphatic rings. The highest BCUT2D eigenvalue weighted by Crippen LogP contribution is 2.27. The fraction of sp³-hybridized carbons (Fsp3) is 0.350. The Kier molecular flexibility index (Phi) is 5.37. The summed E-state index contributed by atoms with van der Waals surface area (Å²) in [6.45, 7) is 8.20. The van der Waals surface area contributed by atoms with Crippen LogP contribution in [0.1, 0.15) is 30.2 Å². The van der Waals surface area contributed by atoms with Gasteiger partial charge in [-0.25, -0.2) is 4.68 Å². The number of hydrogen-bond donors (Lipinski definition) is 1. The number of nitrogens with one attached hydrogen (secondary N) is 1. The Balaban J connectivity index is 2.28. The molecule has 0 aliphatic heterocycles. The van der Waals surface area contributed by atoms with Crippen molar-refractivity contribution in [2.24, 2.45) is 0 Å². The number of halogens is 1. The zero-order chi connectivity index (χ0) is 19.7. The lowest BCUT2D eigenvalue weighted by molar-refractivity contribution is -0.121. The van der Waals surface area contributed by atoms with Gasteiger partial charge in [0.25, 0.3) is 5.56 Å². The first-order chi connectivity index (χ1) is 12.8. The van der Waals surface area contributed by atoms with Crippen LogP contribution in [0.3, 0.4) is 0 Å². The average molecular weight is 387 g/mol. The molecule has 0 saturated heterocycles. The summed E-state index contributed by atoms with van der Waals surface area (Å²) in [6, 6.07) is 7.12. The number of nitrogens with zero attached hydrogens (tertiary/aromatic N) is 3. The molecule has 2 heterocycles. The van der Waals surface area contributed by atoms with Gasteiger partial charge in [-0.1, -0.05) is 24.6 Å². The number of aromatic nitrogens is 3. The Morgan fingerprint density at radius 3 is 2.70 bits per heavy atom. The molecule has 0 saturated carbocycles. The van der Waals surface area contributed by atoms with Crippen molar-refractivity contribution in [3.05, 3.63) is 56.5 Å². The van der Waals surface area contributed by atoms with E-state index in [1.165, 1.54) is 4.57 Å². The van der Waals surface area contributed by atoms with Crippen molar-refractivity contribution >= 4 is 28.5 Å². The molecular formula is C20H23ClN4O2. The van der Waals surface area contributed by atoms with Gasteiger partial charge in [-0.05, 0) is 50.5 Å². The molecule has 1 aromatic carbocycles. The number of carbonyl (C=O) groups excluding carboxylic acids is 1. The van der Waals surface area contributed by atoms with Crippen LogP contribution in [-0.2, 0) is 11.3 Å². The van der Waals surface area contributed by atoms with Crippen LogP contribution in [0.15, 0.2) is 29.1 Å². The highest BCUT2D eigenvalue weighted by molar-refractivity contribution is 6.31. The van der Waals surface area contributed by atoms with Crippen LogP contribution in [-0.4, -0.2) is 26.8 Å². The lowest BCUT2D eigenvalue weighted by atomic mass is 10.1.